The molecule has 0 aromatic carbocycles. The van der Waals surface area contributed by atoms with E-state index in [2.05, 4.69) is 5.32 Å². The average molecular weight is 160 g/mol. The Morgan fingerprint density at radius 2 is 2.30 bits per heavy atom. The van der Waals surface area contributed by atoms with Crippen molar-refractivity contribution in [2.45, 2.75) is 31.1 Å². The zero-order chi connectivity index (χ0) is 7.56. The lowest BCUT2D eigenvalue weighted by Crippen LogP contribution is -2.28. The van der Waals surface area contributed by atoms with Gasteiger partial charge < -0.3 is 5.32 Å². The number of hydrogen-bond acceptors (Lipinski definition) is 1. The van der Waals surface area contributed by atoms with Crippen molar-refractivity contribution in [2.75, 3.05) is 12.8 Å². The summed E-state index contributed by atoms with van der Waals surface area (Å²) < 4.78 is 11.1. The molecule has 0 spiro atoms. The second kappa shape index (κ2) is 3.49. The van der Waals surface area contributed by atoms with E-state index in [1.165, 1.54) is 0 Å². The van der Waals surface area contributed by atoms with Crippen molar-refractivity contribution in [3.8, 4) is 0 Å². The number of rotatable bonds is 1. The molecular formula is C7H14NOS-. The summed E-state index contributed by atoms with van der Waals surface area (Å²) in [4.78, 5) is 0. The SMILES string of the molecule is C[N-]C1CCS(=O)C(C)C1. The summed E-state index contributed by atoms with van der Waals surface area (Å²) in [7, 11) is 1.29. The third-order valence-corrected chi connectivity index (χ3v) is 3.80. The first kappa shape index (κ1) is 8.21. The summed E-state index contributed by atoms with van der Waals surface area (Å²) in [6, 6.07) is 0.479. The third-order valence-electron chi connectivity index (χ3n) is 2.07. The standard InChI is InChI=1S/C7H14NOS/c1-6-5-7(8-2)3-4-10(6)9/h6-7H,3-5H2,1-2H3/q-1. The summed E-state index contributed by atoms with van der Waals surface area (Å²) in [5, 5.41) is 4.56. The van der Waals surface area contributed by atoms with E-state index in [9.17, 15) is 4.21 Å². The van der Waals surface area contributed by atoms with Gasteiger partial charge in [0.15, 0.2) is 0 Å². The fourth-order valence-corrected chi connectivity index (χ4v) is 2.64. The number of hydrogen-bond donors (Lipinski definition) is 0. The van der Waals surface area contributed by atoms with Crippen molar-refractivity contribution in [2.24, 2.45) is 0 Å². The first-order chi connectivity index (χ1) is 4.74. The molecule has 1 saturated heterocycles. The largest absolute Gasteiger partial charge is 0.662 e. The molecule has 3 atom stereocenters. The van der Waals surface area contributed by atoms with Crippen LogP contribution >= 0.6 is 0 Å². The lowest BCUT2D eigenvalue weighted by atomic mass is 10.1. The summed E-state index contributed by atoms with van der Waals surface area (Å²) in [5.74, 6) is 0.850. The minimum Gasteiger partial charge on any atom is -0.662 e. The van der Waals surface area contributed by atoms with Gasteiger partial charge in [0.2, 0.25) is 0 Å². The van der Waals surface area contributed by atoms with Gasteiger partial charge in [-0.3, -0.25) is 4.21 Å². The van der Waals surface area contributed by atoms with Crippen LogP contribution in [0.15, 0.2) is 0 Å². The van der Waals surface area contributed by atoms with Gasteiger partial charge in [0, 0.05) is 21.8 Å². The molecule has 0 aliphatic carbocycles. The molecule has 0 amide bonds. The molecule has 10 heavy (non-hydrogen) atoms. The molecule has 3 unspecified atom stereocenters. The van der Waals surface area contributed by atoms with Crippen molar-refractivity contribution >= 4 is 10.8 Å². The maximum Gasteiger partial charge on any atom is 0.0306 e. The fourth-order valence-electron chi connectivity index (χ4n) is 1.30. The predicted molar refractivity (Wildman–Crippen MR) is 44.8 cm³/mol. The van der Waals surface area contributed by atoms with Crippen LogP contribution in [0.4, 0.5) is 0 Å². The Bertz CT molecular complexity index is 138. The first-order valence-corrected chi connectivity index (χ1v) is 5.08. The Labute approximate surface area is 64.8 Å². The molecule has 0 aromatic heterocycles. The highest BCUT2D eigenvalue weighted by Crippen LogP contribution is 2.20. The molecule has 0 aromatic rings. The molecule has 3 heteroatoms. The average Bonchev–Trinajstić information content (AvgIpc) is 1.95. The van der Waals surface area contributed by atoms with Crippen molar-refractivity contribution < 1.29 is 4.21 Å². The summed E-state index contributed by atoms with van der Waals surface area (Å²) in [6.45, 7) is 2.05. The van der Waals surface area contributed by atoms with Gasteiger partial charge in [-0.15, -0.1) is 6.04 Å². The molecule has 1 aliphatic rings. The van der Waals surface area contributed by atoms with E-state index < -0.39 is 10.8 Å². The van der Waals surface area contributed by atoms with Gasteiger partial charge in [-0.05, 0) is 0 Å². The van der Waals surface area contributed by atoms with E-state index in [4.69, 9.17) is 0 Å². The smallest absolute Gasteiger partial charge is 0.0306 e. The number of nitrogens with zero attached hydrogens (tertiary/aromatic N) is 1. The maximum absolute atomic E-state index is 11.1. The topological polar surface area (TPSA) is 31.2 Å². The van der Waals surface area contributed by atoms with Crippen LogP contribution < -0.4 is 0 Å². The molecule has 0 radical (unpaired) electrons. The lowest BCUT2D eigenvalue weighted by Gasteiger charge is -2.34. The van der Waals surface area contributed by atoms with Gasteiger partial charge in [-0.1, -0.05) is 19.8 Å². The molecule has 1 heterocycles. The van der Waals surface area contributed by atoms with Crippen LogP contribution in [0.2, 0.25) is 0 Å². The van der Waals surface area contributed by atoms with Crippen molar-refractivity contribution in [3.05, 3.63) is 5.32 Å². The molecule has 60 valence electrons. The van der Waals surface area contributed by atoms with Crippen LogP contribution in [0.5, 0.6) is 0 Å². The van der Waals surface area contributed by atoms with E-state index in [1.54, 1.807) is 0 Å². The van der Waals surface area contributed by atoms with Crippen LogP contribution in [0.1, 0.15) is 19.8 Å². The van der Waals surface area contributed by atoms with Crippen LogP contribution in [0.3, 0.4) is 0 Å². The van der Waals surface area contributed by atoms with Gasteiger partial charge in [-0.2, -0.15) is 7.05 Å². The Morgan fingerprint density at radius 3 is 2.80 bits per heavy atom. The molecule has 1 rings (SSSR count). The van der Waals surface area contributed by atoms with Crippen molar-refractivity contribution in [1.29, 1.82) is 0 Å². The van der Waals surface area contributed by atoms with E-state index in [1.807, 2.05) is 14.0 Å². The highest BCUT2D eigenvalue weighted by molar-refractivity contribution is 7.85. The minimum absolute atomic E-state index is 0.363. The summed E-state index contributed by atoms with van der Waals surface area (Å²) >= 11 is 0. The molecule has 0 saturated carbocycles. The molecule has 0 bridgehead atoms. The Kier molecular flexibility index (Phi) is 2.86. The molecular weight excluding hydrogens is 146 g/mol. The van der Waals surface area contributed by atoms with Crippen molar-refractivity contribution in [1.82, 2.24) is 0 Å². The van der Waals surface area contributed by atoms with Crippen LogP contribution in [-0.2, 0) is 10.8 Å². The second-order valence-electron chi connectivity index (χ2n) is 2.83. The van der Waals surface area contributed by atoms with Crippen LogP contribution in [0.25, 0.3) is 5.32 Å². The zero-order valence-electron chi connectivity index (χ0n) is 6.54. The van der Waals surface area contributed by atoms with Gasteiger partial charge in [0.05, 0.1) is 0 Å². The zero-order valence-corrected chi connectivity index (χ0v) is 7.36. The van der Waals surface area contributed by atoms with E-state index in [0.29, 0.717) is 11.3 Å². The molecule has 0 N–H and O–H groups in total. The highest BCUT2D eigenvalue weighted by atomic mass is 32.2. The first-order valence-electron chi connectivity index (χ1n) is 3.70. The second-order valence-corrected chi connectivity index (χ2v) is 4.81. The minimum atomic E-state index is -0.567. The van der Waals surface area contributed by atoms with Gasteiger partial charge in [-0.25, -0.2) is 0 Å². The summed E-state index contributed by atoms with van der Waals surface area (Å²) in [5.41, 5.74) is 0. The van der Waals surface area contributed by atoms with E-state index >= 15 is 0 Å². The summed E-state index contributed by atoms with van der Waals surface area (Å²) in [6.07, 6.45) is 2.04. The van der Waals surface area contributed by atoms with Gasteiger partial charge >= 0.3 is 0 Å². The maximum atomic E-state index is 11.1. The molecule has 2 nitrogen and oxygen atoms in total. The Balaban J connectivity index is 2.40. The monoisotopic (exact) mass is 160 g/mol. The lowest BCUT2D eigenvalue weighted by molar-refractivity contribution is 0.591. The Morgan fingerprint density at radius 1 is 1.60 bits per heavy atom. The molecule has 1 aliphatic heterocycles. The Hall–Kier alpha value is 0.110. The normalized spacial score (nSPS) is 41.6. The van der Waals surface area contributed by atoms with E-state index in [-0.39, 0.29) is 0 Å². The quantitative estimate of drug-likeness (QED) is 0.568. The highest BCUT2D eigenvalue weighted by Gasteiger charge is 2.18. The van der Waals surface area contributed by atoms with Gasteiger partial charge in [0.25, 0.3) is 0 Å². The van der Waals surface area contributed by atoms with Crippen molar-refractivity contribution in [3.63, 3.8) is 0 Å². The van der Waals surface area contributed by atoms with Crippen LogP contribution in [0, 0.1) is 0 Å². The fraction of sp³-hybridized carbons (Fsp3) is 1.00. The van der Waals surface area contributed by atoms with Crippen LogP contribution in [-0.4, -0.2) is 28.3 Å². The van der Waals surface area contributed by atoms with E-state index in [0.717, 1.165) is 18.6 Å². The predicted octanol–water partition coefficient (Wildman–Crippen LogP) is 1.29. The van der Waals surface area contributed by atoms with Gasteiger partial charge in [0.1, 0.15) is 0 Å². The third kappa shape index (κ3) is 1.80. The molecule has 1 fully saturated rings.